The zero-order valence-electron chi connectivity index (χ0n) is 13.0. The van der Waals surface area contributed by atoms with Crippen molar-refractivity contribution >= 4 is 17.4 Å². The van der Waals surface area contributed by atoms with Gasteiger partial charge in [0.05, 0.1) is 6.04 Å². The Hall–Kier alpha value is -1.81. The smallest absolute Gasteiger partial charge is 0.315 e. The molecule has 0 saturated heterocycles. The van der Waals surface area contributed by atoms with Gasteiger partial charge in [-0.15, -0.1) is 11.3 Å². The fourth-order valence-electron chi connectivity index (χ4n) is 2.41. The summed E-state index contributed by atoms with van der Waals surface area (Å²) < 4.78 is 0. The van der Waals surface area contributed by atoms with Gasteiger partial charge in [-0.25, -0.2) is 4.79 Å². The van der Waals surface area contributed by atoms with Gasteiger partial charge in [0.15, 0.2) is 0 Å². The minimum absolute atomic E-state index is 0.0208. The Morgan fingerprint density at radius 1 is 1.24 bits per heavy atom. The van der Waals surface area contributed by atoms with Crippen molar-refractivity contribution in [3.63, 3.8) is 0 Å². The Morgan fingerprint density at radius 2 is 2.00 bits per heavy atom. The van der Waals surface area contributed by atoms with Gasteiger partial charge < -0.3 is 10.6 Å². The van der Waals surface area contributed by atoms with Gasteiger partial charge in [-0.1, -0.05) is 29.8 Å². The van der Waals surface area contributed by atoms with E-state index in [0.717, 1.165) is 5.56 Å². The van der Waals surface area contributed by atoms with Crippen LogP contribution in [0.15, 0.2) is 30.3 Å². The third-order valence-electron chi connectivity index (χ3n) is 3.43. The van der Waals surface area contributed by atoms with Crippen LogP contribution >= 0.6 is 11.3 Å². The summed E-state index contributed by atoms with van der Waals surface area (Å²) in [5.74, 6) is 0. The van der Waals surface area contributed by atoms with Gasteiger partial charge in [-0.05, 0) is 44.9 Å². The zero-order valence-corrected chi connectivity index (χ0v) is 13.8. The minimum Gasteiger partial charge on any atom is -0.334 e. The molecule has 0 saturated carbocycles. The van der Waals surface area contributed by atoms with Crippen LogP contribution in [-0.2, 0) is 6.54 Å². The standard InChI is InChI=1S/C17H22N2OS/c1-11-6-5-7-15(8-11)10-18-17(20)19-13(3)16-9-12(2)21-14(16)4/h5-9,13H,10H2,1-4H3,(H2,18,19,20)/t13-/m0/s1. The third-order valence-corrected chi connectivity index (χ3v) is 4.41. The lowest BCUT2D eigenvalue weighted by Crippen LogP contribution is -2.36. The number of benzene rings is 1. The first-order valence-electron chi connectivity index (χ1n) is 7.12. The Balaban J connectivity index is 1.88. The highest BCUT2D eigenvalue weighted by Gasteiger charge is 2.13. The molecule has 21 heavy (non-hydrogen) atoms. The second kappa shape index (κ2) is 6.76. The molecule has 2 rings (SSSR count). The topological polar surface area (TPSA) is 41.1 Å². The van der Waals surface area contributed by atoms with Crippen LogP contribution in [0.1, 0.15) is 39.4 Å². The van der Waals surface area contributed by atoms with Gasteiger partial charge in [0, 0.05) is 16.3 Å². The average molecular weight is 302 g/mol. The molecule has 0 unspecified atom stereocenters. The number of hydrogen-bond acceptors (Lipinski definition) is 2. The number of urea groups is 1. The molecule has 1 atom stereocenters. The molecule has 0 spiro atoms. The molecule has 0 bridgehead atoms. The Bertz CT molecular complexity index is 633. The maximum Gasteiger partial charge on any atom is 0.315 e. The maximum absolute atomic E-state index is 12.0. The molecule has 0 aliphatic rings. The second-order valence-electron chi connectivity index (χ2n) is 5.41. The number of nitrogens with one attached hydrogen (secondary N) is 2. The lowest BCUT2D eigenvalue weighted by atomic mass is 10.1. The van der Waals surface area contributed by atoms with Crippen LogP contribution < -0.4 is 10.6 Å². The van der Waals surface area contributed by atoms with E-state index in [9.17, 15) is 4.79 Å². The molecule has 0 aliphatic heterocycles. The van der Waals surface area contributed by atoms with E-state index in [1.807, 2.05) is 32.0 Å². The van der Waals surface area contributed by atoms with Crippen LogP contribution in [0.5, 0.6) is 0 Å². The van der Waals surface area contributed by atoms with E-state index >= 15 is 0 Å². The highest BCUT2D eigenvalue weighted by atomic mass is 32.1. The van der Waals surface area contributed by atoms with Crippen molar-refractivity contribution in [3.8, 4) is 0 Å². The fraction of sp³-hybridized carbons (Fsp3) is 0.353. The zero-order chi connectivity index (χ0) is 15.4. The van der Waals surface area contributed by atoms with E-state index in [0.29, 0.717) is 6.54 Å². The molecule has 0 aliphatic carbocycles. The number of rotatable bonds is 4. The van der Waals surface area contributed by atoms with Gasteiger partial charge in [0.1, 0.15) is 0 Å². The molecule has 2 amide bonds. The van der Waals surface area contributed by atoms with Crippen molar-refractivity contribution in [2.45, 2.75) is 40.3 Å². The van der Waals surface area contributed by atoms with Gasteiger partial charge in [0.2, 0.25) is 0 Å². The van der Waals surface area contributed by atoms with Gasteiger partial charge >= 0.3 is 6.03 Å². The molecule has 1 aromatic carbocycles. The van der Waals surface area contributed by atoms with Gasteiger partial charge in [0.25, 0.3) is 0 Å². The van der Waals surface area contributed by atoms with E-state index in [4.69, 9.17) is 0 Å². The summed E-state index contributed by atoms with van der Waals surface area (Å²) >= 11 is 1.76. The highest BCUT2D eigenvalue weighted by molar-refractivity contribution is 7.12. The van der Waals surface area contributed by atoms with Crippen LogP contribution in [-0.4, -0.2) is 6.03 Å². The second-order valence-corrected chi connectivity index (χ2v) is 6.87. The number of hydrogen-bond donors (Lipinski definition) is 2. The lowest BCUT2D eigenvalue weighted by molar-refractivity contribution is 0.237. The molecule has 1 aromatic heterocycles. The normalized spacial score (nSPS) is 12.0. The number of thiophene rings is 1. The number of carbonyl (C=O) groups excluding carboxylic acids is 1. The molecular formula is C17H22N2OS. The van der Waals surface area contributed by atoms with E-state index in [1.54, 1.807) is 11.3 Å². The average Bonchev–Trinajstić information content (AvgIpc) is 2.75. The lowest BCUT2D eigenvalue weighted by Gasteiger charge is -2.15. The van der Waals surface area contributed by atoms with Crippen molar-refractivity contribution in [3.05, 3.63) is 56.8 Å². The monoisotopic (exact) mass is 302 g/mol. The molecule has 2 aromatic rings. The van der Waals surface area contributed by atoms with Crippen molar-refractivity contribution in [1.82, 2.24) is 10.6 Å². The van der Waals surface area contributed by atoms with Crippen LogP contribution in [0.3, 0.4) is 0 Å². The van der Waals surface area contributed by atoms with Crippen LogP contribution in [0, 0.1) is 20.8 Å². The molecule has 3 nitrogen and oxygen atoms in total. The van der Waals surface area contributed by atoms with Crippen LogP contribution in [0.4, 0.5) is 4.79 Å². The summed E-state index contributed by atoms with van der Waals surface area (Å²) in [5.41, 5.74) is 3.51. The van der Waals surface area contributed by atoms with Gasteiger partial charge in [-0.3, -0.25) is 0 Å². The Kier molecular flexibility index (Phi) is 5.02. The first-order chi connectivity index (χ1) is 9.95. The third kappa shape index (κ3) is 4.33. The summed E-state index contributed by atoms with van der Waals surface area (Å²) in [6, 6.07) is 10.2. The summed E-state index contributed by atoms with van der Waals surface area (Å²) in [4.78, 5) is 14.5. The van der Waals surface area contributed by atoms with E-state index in [-0.39, 0.29) is 12.1 Å². The highest BCUT2D eigenvalue weighted by Crippen LogP contribution is 2.25. The predicted molar refractivity (Wildman–Crippen MR) is 88.8 cm³/mol. The van der Waals surface area contributed by atoms with Crippen molar-refractivity contribution in [1.29, 1.82) is 0 Å². The van der Waals surface area contributed by atoms with Crippen molar-refractivity contribution < 1.29 is 4.79 Å². The summed E-state index contributed by atoms with van der Waals surface area (Å²) in [6.07, 6.45) is 0. The Morgan fingerprint density at radius 3 is 2.62 bits per heavy atom. The molecule has 112 valence electrons. The number of aryl methyl sites for hydroxylation is 3. The molecule has 4 heteroatoms. The van der Waals surface area contributed by atoms with E-state index in [1.165, 1.54) is 20.9 Å². The largest absolute Gasteiger partial charge is 0.334 e. The molecule has 1 heterocycles. The van der Waals surface area contributed by atoms with E-state index < -0.39 is 0 Å². The molecule has 0 radical (unpaired) electrons. The van der Waals surface area contributed by atoms with Crippen molar-refractivity contribution in [2.24, 2.45) is 0 Å². The van der Waals surface area contributed by atoms with Crippen LogP contribution in [0.2, 0.25) is 0 Å². The minimum atomic E-state index is -0.132. The van der Waals surface area contributed by atoms with Crippen LogP contribution in [0.25, 0.3) is 0 Å². The maximum atomic E-state index is 12.0. The Labute approximate surface area is 130 Å². The molecule has 0 fully saturated rings. The summed E-state index contributed by atoms with van der Waals surface area (Å²) in [6.45, 7) is 8.79. The number of amides is 2. The quantitative estimate of drug-likeness (QED) is 0.871. The van der Waals surface area contributed by atoms with Crippen molar-refractivity contribution in [2.75, 3.05) is 0 Å². The van der Waals surface area contributed by atoms with E-state index in [2.05, 4.69) is 36.6 Å². The summed E-state index contributed by atoms with van der Waals surface area (Å²) in [5, 5.41) is 5.90. The molecular weight excluding hydrogens is 280 g/mol. The fourth-order valence-corrected chi connectivity index (χ4v) is 3.43. The van der Waals surface area contributed by atoms with Gasteiger partial charge in [-0.2, -0.15) is 0 Å². The number of carbonyl (C=O) groups is 1. The first-order valence-corrected chi connectivity index (χ1v) is 7.94. The molecule has 2 N–H and O–H groups in total. The predicted octanol–water partition coefficient (Wildman–Crippen LogP) is 4.23. The SMILES string of the molecule is Cc1cccc(CNC(=O)N[C@@H](C)c2cc(C)sc2C)c1. The summed E-state index contributed by atoms with van der Waals surface area (Å²) in [7, 11) is 0. The first kappa shape index (κ1) is 15.6.